The highest BCUT2D eigenvalue weighted by Crippen LogP contribution is 2.53. The summed E-state index contributed by atoms with van der Waals surface area (Å²) in [6.45, 7) is 4.02. The van der Waals surface area contributed by atoms with Crippen LogP contribution in [0.5, 0.6) is 5.75 Å². The molecule has 0 bridgehead atoms. The molecule has 0 atom stereocenters. The Hall–Kier alpha value is -1.45. The van der Waals surface area contributed by atoms with E-state index < -0.39 is 0 Å². The molecule has 0 saturated heterocycles. The van der Waals surface area contributed by atoms with E-state index in [1.54, 1.807) is 6.07 Å². The number of H-pyrrole nitrogens is 1. The third-order valence-electron chi connectivity index (χ3n) is 4.38. The molecule has 3 rings (SSSR count). The Morgan fingerprint density at radius 3 is 2.27 bits per heavy atom. The highest BCUT2D eigenvalue weighted by Gasteiger charge is 2.42. The lowest BCUT2D eigenvalue weighted by atomic mass is 9.94. The lowest BCUT2D eigenvalue weighted by Crippen LogP contribution is -2.11. The van der Waals surface area contributed by atoms with Gasteiger partial charge in [-0.2, -0.15) is 0 Å². The Kier molecular flexibility index (Phi) is 3.74. The van der Waals surface area contributed by atoms with Crippen molar-refractivity contribution in [1.29, 1.82) is 0 Å². The fourth-order valence-electron chi connectivity index (χ4n) is 2.80. The van der Waals surface area contributed by atoms with Crippen molar-refractivity contribution in [2.24, 2.45) is 0 Å². The average Bonchev–Trinajstić information content (AvgIpc) is 3.16. The van der Waals surface area contributed by atoms with Gasteiger partial charge in [-0.15, -0.1) is 0 Å². The molecule has 3 nitrogen and oxygen atoms in total. The molecule has 1 aliphatic carbocycles. The lowest BCUT2D eigenvalue weighted by Gasteiger charge is -2.16. The number of aryl methyl sites for hydroxylation is 1. The first-order chi connectivity index (χ1) is 10.4. The van der Waals surface area contributed by atoms with Crippen molar-refractivity contribution in [2.75, 3.05) is 7.11 Å². The first-order valence-corrected chi connectivity index (χ1v) is 7.89. The summed E-state index contributed by atoms with van der Waals surface area (Å²) in [5.74, 6) is 0.270. The van der Waals surface area contributed by atoms with Crippen LogP contribution >= 0.6 is 23.2 Å². The predicted molar refractivity (Wildman–Crippen MR) is 90.4 cm³/mol. The van der Waals surface area contributed by atoms with Gasteiger partial charge in [-0.3, -0.25) is 4.79 Å². The minimum atomic E-state index is -0.247. The number of hydrogen-bond acceptors (Lipinski definition) is 2. The van der Waals surface area contributed by atoms with E-state index in [1.165, 1.54) is 7.11 Å². The van der Waals surface area contributed by atoms with Crippen molar-refractivity contribution >= 4 is 23.2 Å². The van der Waals surface area contributed by atoms with Crippen LogP contribution in [0.1, 0.15) is 31.0 Å². The van der Waals surface area contributed by atoms with Gasteiger partial charge in [0.15, 0.2) is 5.75 Å². The zero-order chi connectivity index (χ0) is 16.1. The number of aromatic amines is 1. The van der Waals surface area contributed by atoms with Crippen LogP contribution in [0.4, 0.5) is 0 Å². The third-order valence-corrected chi connectivity index (χ3v) is 4.98. The van der Waals surface area contributed by atoms with Gasteiger partial charge < -0.3 is 9.72 Å². The lowest BCUT2D eigenvalue weighted by molar-refractivity contribution is 0.408. The molecule has 22 heavy (non-hydrogen) atoms. The molecule has 1 aromatic heterocycles. The Labute approximate surface area is 139 Å². The number of benzene rings is 1. The zero-order valence-electron chi connectivity index (χ0n) is 12.7. The van der Waals surface area contributed by atoms with Gasteiger partial charge in [0.05, 0.1) is 7.11 Å². The van der Waals surface area contributed by atoms with E-state index in [9.17, 15) is 4.79 Å². The Morgan fingerprint density at radius 2 is 1.77 bits per heavy atom. The Balaban J connectivity index is 2.16. The summed E-state index contributed by atoms with van der Waals surface area (Å²) in [7, 11) is 1.47. The molecular formula is C17H17Cl2NO2. The van der Waals surface area contributed by atoms with Gasteiger partial charge >= 0.3 is 0 Å². The zero-order valence-corrected chi connectivity index (χ0v) is 14.2. The molecule has 2 aromatic rings. The molecule has 1 fully saturated rings. The Bertz CT molecular complexity index is 784. The maximum absolute atomic E-state index is 11.7. The third kappa shape index (κ3) is 2.53. The minimum Gasteiger partial charge on any atom is -0.491 e. The van der Waals surface area contributed by atoms with Crippen LogP contribution in [0.3, 0.4) is 0 Å². The van der Waals surface area contributed by atoms with Gasteiger partial charge in [0.25, 0.3) is 5.56 Å². The number of hydrogen-bond donors (Lipinski definition) is 1. The van der Waals surface area contributed by atoms with E-state index in [0.29, 0.717) is 10.0 Å². The summed E-state index contributed by atoms with van der Waals surface area (Å²) in [4.78, 5) is 14.5. The normalized spacial score (nSPS) is 15.7. The van der Waals surface area contributed by atoms with Crippen LogP contribution < -0.4 is 10.3 Å². The van der Waals surface area contributed by atoms with Gasteiger partial charge in [-0.25, -0.2) is 0 Å². The van der Waals surface area contributed by atoms with Gasteiger partial charge in [0, 0.05) is 21.3 Å². The molecule has 0 radical (unpaired) electrons. The SMILES string of the molecule is COc1cc(-c2cc(Cl)c(C3(C)CC3)c(Cl)c2)c(C)[nH]c1=O. The van der Waals surface area contributed by atoms with E-state index >= 15 is 0 Å². The summed E-state index contributed by atoms with van der Waals surface area (Å²) in [5, 5.41) is 1.35. The number of aromatic nitrogens is 1. The molecule has 0 unspecified atom stereocenters. The fraction of sp³-hybridized carbons (Fsp3) is 0.353. The van der Waals surface area contributed by atoms with Crippen LogP contribution in [0.15, 0.2) is 23.0 Å². The van der Waals surface area contributed by atoms with Crippen molar-refractivity contribution in [3.8, 4) is 16.9 Å². The van der Waals surface area contributed by atoms with Gasteiger partial charge in [-0.05, 0) is 54.5 Å². The maximum Gasteiger partial charge on any atom is 0.290 e. The molecule has 1 saturated carbocycles. The van der Waals surface area contributed by atoms with Crippen LogP contribution in [0, 0.1) is 6.92 Å². The van der Waals surface area contributed by atoms with E-state index in [4.69, 9.17) is 27.9 Å². The number of nitrogens with one attached hydrogen (secondary N) is 1. The summed E-state index contributed by atoms with van der Waals surface area (Å²) in [6.07, 6.45) is 2.22. The second kappa shape index (κ2) is 5.32. The summed E-state index contributed by atoms with van der Waals surface area (Å²) in [5.41, 5.74) is 3.35. The van der Waals surface area contributed by atoms with Crippen molar-refractivity contribution < 1.29 is 4.74 Å². The number of ether oxygens (including phenoxy) is 1. The van der Waals surface area contributed by atoms with Gasteiger partial charge in [-0.1, -0.05) is 30.1 Å². The van der Waals surface area contributed by atoms with Crippen LogP contribution in [-0.2, 0) is 5.41 Å². The molecule has 1 aliphatic rings. The smallest absolute Gasteiger partial charge is 0.290 e. The first kappa shape index (κ1) is 15.4. The van der Waals surface area contributed by atoms with Crippen molar-refractivity contribution in [1.82, 2.24) is 4.98 Å². The largest absolute Gasteiger partial charge is 0.491 e. The van der Waals surface area contributed by atoms with E-state index in [2.05, 4.69) is 11.9 Å². The quantitative estimate of drug-likeness (QED) is 0.880. The molecule has 0 amide bonds. The summed E-state index contributed by atoms with van der Waals surface area (Å²) < 4.78 is 5.10. The maximum atomic E-state index is 11.7. The fourth-order valence-corrected chi connectivity index (χ4v) is 3.74. The second-order valence-corrected chi connectivity index (χ2v) is 6.90. The standard InChI is InChI=1S/C17H17Cl2NO2/c1-9-11(8-14(22-3)16(21)20-9)10-6-12(18)15(13(19)7-10)17(2)4-5-17/h6-8H,4-5H2,1-3H3,(H,20,21). The van der Waals surface area contributed by atoms with Crippen LogP contribution in [-0.4, -0.2) is 12.1 Å². The van der Waals surface area contributed by atoms with E-state index in [0.717, 1.165) is 35.2 Å². The predicted octanol–water partition coefficient (Wildman–Crippen LogP) is 4.72. The van der Waals surface area contributed by atoms with Gasteiger partial charge in [0.1, 0.15) is 0 Å². The van der Waals surface area contributed by atoms with Crippen molar-refractivity contribution in [3.05, 3.63) is 49.9 Å². The first-order valence-electron chi connectivity index (χ1n) is 7.13. The number of halogens is 2. The average molecular weight is 338 g/mol. The molecule has 1 N–H and O–H groups in total. The summed E-state index contributed by atoms with van der Waals surface area (Å²) in [6, 6.07) is 5.54. The molecule has 0 spiro atoms. The number of pyridine rings is 1. The number of methoxy groups -OCH3 is 1. The highest BCUT2D eigenvalue weighted by molar-refractivity contribution is 6.36. The van der Waals surface area contributed by atoms with Crippen molar-refractivity contribution in [3.63, 3.8) is 0 Å². The van der Waals surface area contributed by atoms with Crippen LogP contribution in [0.2, 0.25) is 10.0 Å². The van der Waals surface area contributed by atoms with Crippen molar-refractivity contribution in [2.45, 2.75) is 32.1 Å². The highest BCUT2D eigenvalue weighted by atomic mass is 35.5. The second-order valence-electron chi connectivity index (χ2n) is 6.08. The van der Waals surface area contributed by atoms with E-state index in [1.807, 2.05) is 19.1 Å². The topological polar surface area (TPSA) is 42.1 Å². The Morgan fingerprint density at radius 1 is 1.18 bits per heavy atom. The van der Waals surface area contributed by atoms with E-state index in [-0.39, 0.29) is 16.7 Å². The molecule has 116 valence electrons. The molecule has 1 heterocycles. The van der Waals surface area contributed by atoms with Gasteiger partial charge in [0.2, 0.25) is 0 Å². The number of rotatable bonds is 3. The molecule has 1 aromatic carbocycles. The van der Waals surface area contributed by atoms with Crippen LogP contribution in [0.25, 0.3) is 11.1 Å². The molecule has 5 heteroatoms. The molecule has 0 aliphatic heterocycles. The minimum absolute atomic E-state index is 0.102. The monoisotopic (exact) mass is 337 g/mol. The summed E-state index contributed by atoms with van der Waals surface area (Å²) >= 11 is 13.0. The molecular weight excluding hydrogens is 321 g/mol.